The van der Waals surface area contributed by atoms with E-state index in [9.17, 15) is 25.9 Å². The molecule has 0 saturated carbocycles. The summed E-state index contributed by atoms with van der Waals surface area (Å²) < 4.78 is 73.5. The van der Waals surface area contributed by atoms with Crippen LogP contribution in [0.3, 0.4) is 0 Å². The van der Waals surface area contributed by atoms with Gasteiger partial charge < -0.3 is 9.11 Å². The molecule has 1 spiro atoms. The predicted octanol–water partition coefficient (Wildman–Crippen LogP) is 7.28. The van der Waals surface area contributed by atoms with E-state index in [2.05, 4.69) is 76.2 Å². The van der Waals surface area contributed by atoms with Gasteiger partial charge in [0.25, 0.3) is 0 Å². The zero-order chi connectivity index (χ0) is 39.8. The molecule has 7 nitrogen and oxygen atoms in total. The van der Waals surface area contributed by atoms with Gasteiger partial charge in [0.05, 0.1) is 23.1 Å². The van der Waals surface area contributed by atoms with Crippen molar-refractivity contribution in [1.29, 1.82) is 0 Å². The van der Waals surface area contributed by atoms with Gasteiger partial charge in [-0.15, -0.1) is 0 Å². The van der Waals surface area contributed by atoms with E-state index < -0.39 is 42.2 Å². The molecule has 0 bridgehead atoms. The van der Waals surface area contributed by atoms with Crippen LogP contribution in [0.1, 0.15) is 82.9 Å². The Bertz CT molecular complexity index is 2710. The Balaban J connectivity index is 0.00000496. The summed E-state index contributed by atoms with van der Waals surface area (Å²) >= 11 is 7.26. The number of allylic oxidation sites excluding steroid dienone is 10. The Morgan fingerprint density at radius 1 is 0.842 bits per heavy atom. The molecule has 0 amide bonds. The first-order chi connectivity index (χ1) is 26.4. The Morgan fingerprint density at radius 2 is 1.51 bits per heavy atom. The monoisotopic (exact) mass is 847 g/mol. The fourth-order valence-corrected chi connectivity index (χ4v) is 12.3. The van der Waals surface area contributed by atoms with Crippen molar-refractivity contribution in [2.45, 2.75) is 83.4 Å². The van der Waals surface area contributed by atoms with E-state index >= 15 is 0 Å². The molecule has 292 valence electrons. The smallest absolute Gasteiger partial charge is 0.748 e. The van der Waals surface area contributed by atoms with Crippen LogP contribution in [0.15, 0.2) is 125 Å². The first-order valence-corrected chi connectivity index (χ1v) is 22.9. The molecular formula is C46H47ClKNO6S2. The molecule has 2 heterocycles. The summed E-state index contributed by atoms with van der Waals surface area (Å²) in [4.78, 5) is 0. The van der Waals surface area contributed by atoms with Crippen molar-refractivity contribution < 1.29 is 77.3 Å². The molecule has 4 aromatic rings. The van der Waals surface area contributed by atoms with Gasteiger partial charge in [-0.2, -0.15) is 0 Å². The largest absolute Gasteiger partial charge is 1.00 e. The molecule has 0 radical (unpaired) electrons. The van der Waals surface area contributed by atoms with Crippen LogP contribution >= 0.6 is 11.6 Å². The van der Waals surface area contributed by atoms with Gasteiger partial charge in [-0.05, 0) is 106 Å². The van der Waals surface area contributed by atoms with Crippen LogP contribution in [0.25, 0.3) is 27.1 Å². The molecule has 2 atom stereocenters. The first-order valence-electron chi connectivity index (χ1n) is 19.5. The number of quaternary nitrogens is 1. The van der Waals surface area contributed by atoms with Gasteiger partial charge in [-0.3, -0.25) is 0 Å². The second kappa shape index (κ2) is 15.7. The van der Waals surface area contributed by atoms with Gasteiger partial charge in [-0.1, -0.05) is 118 Å². The maximum atomic E-state index is 12.9. The van der Waals surface area contributed by atoms with Crippen molar-refractivity contribution in [3.8, 4) is 0 Å². The van der Waals surface area contributed by atoms with E-state index in [1.165, 1.54) is 5.56 Å². The van der Waals surface area contributed by atoms with Crippen molar-refractivity contribution in [3.05, 3.63) is 141 Å². The average molecular weight is 849 g/mol. The van der Waals surface area contributed by atoms with Gasteiger partial charge in [0.2, 0.25) is 0 Å². The van der Waals surface area contributed by atoms with E-state index in [1.54, 1.807) is 0 Å². The quantitative estimate of drug-likeness (QED) is 0.105. The average Bonchev–Trinajstić information content (AvgIpc) is 3.33. The van der Waals surface area contributed by atoms with Gasteiger partial charge in [0.15, 0.2) is 15.5 Å². The van der Waals surface area contributed by atoms with E-state index in [4.69, 9.17) is 11.6 Å². The third kappa shape index (κ3) is 7.60. The van der Waals surface area contributed by atoms with Gasteiger partial charge >= 0.3 is 51.4 Å². The number of halogens is 1. The van der Waals surface area contributed by atoms with Crippen LogP contribution in [0.2, 0.25) is 0 Å². The maximum Gasteiger partial charge on any atom is 1.00 e. The summed E-state index contributed by atoms with van der Waals surface area (Å²) in [5.41, 5.74) is 8.39. The standard InChI is InChI=1S/C46H48ClNO6S2.K/c1-45(2)29-38-34-15-7-5-11-30(34)20-24-40(38)48(27-26-42(48)56(52,53)54)41(45)25-21-33-14-9-13-32(44(33)47)19-23-39-36(17-10-28-55(49,50)51)37-22-18-31-12-6-8-16-35(31)43(37)46(39,3)4;/h5-8,11-12,15-16,18-25,42H,9-10,13-14,17,26-29H2,1-4H3,(H-,49,50,51,52,53,54);/q;+1/p-1/b23-19+,33-21+,41-25+;. The van der Waals surface area contributed by atoms with E-state index in [1.807, 2.05) is 48.6 Å². The molecule has 2 unspecified atom stereocenters. The van der Waals surface area contributed by atoms with E-state index in [0.29, 0.717) is 30.8 Å². The van der Waals surface area contributed by atoms with Crippen molar-refractivity contribution in [2.24, 2.45) is 5.41 Å². The third-order valence-corrected chi connectivity index (χ3v) is 15.3. The Kier molecular flexibility index (Phi) is 11.8. The molecule has 0 aromatic heterocycles. The normalized spacial score (nSPS) is 24.4. The fraction of sp³-hybridized carbons (Fsp3) is 0.348. The number of fused-ring (bicyclic) bond motifs is 7. The van der Waals surface area contributed by atoms with Crippen LogP contribution in [0.4, 0.5) is 5.69 Å². The summed E-state index contributed by atoms with van der Waals surface area (Å²) in [5.74, 6) is -0.419. The van der Waals surface area contributed by atoms with Crippen LogP contribution < -0.4 is 55.9 Å². The minimum atomic E-state index is -4.62. The van der Waals surface area contributed by atoms with Crippen LogP contribution in [0, 0.1) is 5.41 Å². The molecule has 57 heavy (non-hydrogen) atoms. The number of benzene rings is 4. The number of nitrogens with zero attached hydrogens (tertiary/aromatic N) is 1. The first kappa shape index (κ1) is 42.9. The van der Waals surface area contributed by atoms with Crippen molar-refractivity contribution in [1.82, 2.24) is 4.48 Å². The summed E-state index contributed by atoms with van der Waals surface area (Å²) in [6.45, 7) is 9.20. The molecule has 4 aromatic carbocycles. The number of hydrogen-bond acceptors (Lipinski definition) is 6. The van der Waals surface area contributed by atoms with Crippen LogP contribution in [-0.4, -0.2) is 43.6 Å². The second-order valence-corrected chi connectivity index (χ2v) is 20.5. The molecule has 1 saturated heterocycles. The zero-order valence-electron chi connectivity index (χ0n) is 33.3. The van der Waals surface area contributed by atoms with Crippen molar-refractivity contribution >= 4 is 64.6 Å². The molecule has 2 aliphatic heterocycles. The van der Waals surface area contributed by atoms with Gasteiger partial charge in [0, 0.05) is 33.2 Å². The topological polar surface area (TPSA) is 114 Å². The molecular weight excluding hydrogens is 801 g/mol. The SMILES string of the molecule is CC1(C)Cc2c(ccc3ccccc23)[N+]2(CCC2S(=O)(=O)[O-])/C1=C/C=C1\CCCC(/C=C/C2=C(CCCS(=O)(=O)[O-])c3ccc4ccccc4c3C2(C)C)=C1Cl.[K+]. The third-order valence-electron chi connectivity index (χ3n) is 12.8. The number of hydrogen-bond donors (Lipinski definition) is 0. The summed E-state index contributed by atoms with van der Waals surface area (Å²) in [7, 11) is -8.97. The summed E-state index contributed by atoms with van der Waals surface area (Å²) in [6.07, 6.45) is 12.4. The Morgan fingerprint density at radius 3 is 2.18 bits per heavy atom. The molecule has 8 rings (SSSR count). The molecule has 4 aliphatic rings. The van der Waals surface area contributed by atoms with E-state index in [0.717, 1.165) is 85.6 Å². The summed E-state index contributed by atoms with van der Waals surface area (Å²) in [6, 6.07) is 24.7. The molecule has 11 heteroatoms. The van der Waals surface area contributed by atoms with Gasteiger partial charge in [0.1, 0.15) is 11.4 Å². The van der Waals surface area contributed by atoms with Crippen LogP contribution in [-0.2, 0) is 32.1 Å². The minimum absolute atomic E-state index is 0. The fourth-order valence-electron chi connectivity index (χ4n) is 10.3. The Labute approximate surface area is 384 Å². The van der Waals surface area contributed by atoms with Crippen molar-refractivity contribution in [3.63, 3.8) is 0 Å². The predicted molar refractivity (Wildman–Crippen MR) is 226 cm³/mol. The minimum Gasteiger partial charge on any atom is -0.748 e. The molecule has 1 fully saturated rings. The molecule has 2 aliphatic carbocycles. The number of rotatable bonds is 8. The molecule has 0 N–H and O–H groups in total. The Hall–Kier alpha value is -2.19. The van der Waals surface area contributed by atoms with Crippen molar-refractivity contribution in [2.75, 3.05) is 12.3 Å². The maximum absolute atomic E-state index is 12.9. The van der Waals surface area contributed by atoms with E-state index in [-0.39, 0.29) is 62.3 Å². The zero-order valence-corrected chi connectivity index (χ0v) is 38.8. The van der Waals surface area contributed by atoms with Gasteiger partial charge in [-0.25, -0.2) is 21.3 Å². The van der Waals surface area contributed by atoms with Crippen LogP contribution in [0.5, 0.6) is 0 Å². The second-order valence-electron chi connectivity index (χ2n) is 17.0. The summed E-state index contributed by atoms with van der Waals surface area (Å²) in [5, 5.41) is 4.02.